The Hall–Kier alpha value is -4.14. The van der Waals surface area contributed by atoms with Crippen LogP contribution in [0, 0.1) is 13.8 Å². The molecule has 0 saturated carbocycles. The molecule has 0 aliphatic carbocycles. The van der Waals surface area contributed by atoms with Crippen LogP contribution in [-0.2, 0) is 32.6 Å². The fourth-order valence-corrected chi connectivity index (χ4v) is 6.37. The van der Waals surface area contributed by atoms with Crippen molar-refractivity contribution in [3.63, 3.8) is 0 Å². The van der Waals surface area contributed by atoms with E-state index in [1.54, 1.807) is 36.4 Å². The molecule has 224 valence electrons. The van der Waals surface area contributed by atoms with E-state index >= 15 is 0 Å². The van der Waals surface area contributed by atoms with E-state index < -0.39 is 28.5 Å². The molecule has 4 rings (SSSR count). The highest BCUT2D eigenvalue weighted by atomic mass is 35.5. The van der Waals surface area contributed by atoms with Gasteiger partial charge in [0.1, 0.15) is 12.6 Å². The Bertz CT molecular complexity index is 1640. The number of amides is 2. The van der Waals surface area contributed by atoms with Gasteiger partial charge in [0.05, 0.1) is 10.6 Å². The van der Waals surface area contributed by atoms with Gasteiger partial charge in [-0.05, 0) is 68.3 Å². The largest absolute Gasteiger partial charge is 0.355 e. The van der Waals surface area contributed by atoms with Crippen molar-refractivity contribution in [3.05, 3.63) is 130 Å². The number of aryl methyl sites for hydroxylation is 2. The molecule has 0 aromatic heterocycles. The molecule has 7 nitrogen and oxygen atoms in total. The van der Waals surface area contributed by atoms with Gasteiger partial charge in [0, 0.05) is 24.5 Å². The second kappa shape index (κ2) is 14.4. The molecular formula is C34H36ClN3O4S. The smallest absolute Gasteiger partial charge is 0.264 e. The minimum absolute atomic E-state index is 0.0515. The molecule has 4 aromatic carbocycles. The molecule has 0 aliphatic heterocycles. The number of likely N-dealkylation sites (N-methyl/N-ethyl adjacent to an activating group) is 1. The number of carbonyl (C=O) groups is 2. The minimum atomic E-state index is -4.16. The van der Waals surface area contributed by atoms with Crippen LogP contribution in [0.1, 0.15) is 29.2 Å². The lowest BCUT2D eigenvalue weighted by molar-refractivity contribution is -0.140. The van der Waals surface area contributed by atoms with Crippen LogP contribution in [0.15, 0.2) is 108 Å². The van der Waals surface area contributed by atoms with Crippen molar-refractivity contribution in [2.75, 3.05) is 17.4 Å². The van der Waals surface area contributed by atoms with Crippen molar-refractivity contribution in [3.8, 4) is 0 Å². The van der Waals surface area contributed by atoms with Gasteiger partial charge in [-0.25, -0.2) is 8.42 Å². The average Bonchev–Trinajstić information content (AvgIpc) is 2.99. The number of anilines is 1. The number of hydrogen-bond acceptors (Lipinski definition) is 4. The first-order chi connectivity index (χ1) is 20.6. The molecule has 0 radical (unpaired) electrons. The zero-order valence-electron chi connectivity index (χ0n) is 24.5. The molecule has 0 heterocycles. The first-order valence-corrected chi connectivity index (χ1v) is 15.9. The quantitative estimate of drug-likeness (QED) is 0.214. The van der Waals surface area contributed by atoms with E-state index in [0.717, 1.165) is 26.6 Å². The maximum Gasteiger partial charge on any atom is 0.264 e. The summed E-state index contributed by atoms with van der Waals surface area (Å²) in [6.07, 6.45) is 0.260. The number of nitrogens with one attached hydrogen (secondary N) is 1. The minimum Gasteiger partial charge on any atom is -0.355 e. The van der Waals surface area contributed by atoms with Gasteiger partial charge in [-0.1, -0.05) is 89.5 Å². The summed E-state index contributed by atoms with van der Waals surface area (Å²) in [6, 6.07) is 29.0. The molecule has 1 N–H and O–H groups in total. The van der Waals surface area contributed by atoms with E-state index in [1.165, 1.54) is 17.0 Å². The summed E-state index contributed by atoms with van der Waals surface area (Å²) in [5, 5.41) is 3.30. The highest BCUT2D eigenvalue weighted by molar-refractivity contribution is 7.92. The van der Waals surface area contributed by atoms with Crippen molar-refractivity contribution in [1.29, 1.82) is 0 Å². The van der Waals surface area contributed by atoms with Crippen LogP contribution in [0.25, 0.3) is 0 Å². The number of nitrogens with zero attached hydrogens (tertiary/aromatic N) is 2. The predicted octanol–water partition coefficient (Wildman–Crippen LogP) is 5.93. The van der Waals surface area contributed by atoms with Gasteiger partial charge in [-0.2, -0.15) is 0 Å². The van der Waals surface area contributed by atoms with Crippen LogP contribution in [0.3, 0.4) is 0 Å². The fourth-order valence-electron chi connectivity index (χ4n) is 4.83. The van der Waals surface area contributed by atoms with Crippen molar-refractivity contribution in [1.82, 2.24) is 10.2 Å². The van der Waals surface area contributed by atoms with Crippen molar-refractivity contribution in [2.24, 2.45) is 0 Å². The maximum absolute atomic E-state index is 14.4. The lowest BCUT2D eigenvalue weighted by Gasteiger charge is -2.34. The highest BCUT2D eigenvalue weighted by Crippen LogP contribution is 2.26. The molecule has 43 heavy (non-hydrogen) atoms. The summed E-state index contributed by atoms with van der Waals surface area (Å²) in [5.41, 5.74) is 3.90. The van der Waals surface area contributed by atoms with Crippen LogP contribution in [-0.4, -0.2) is 44.3 Å². The number of halogens is 1. The number of hydrogen-bond donors (Lipinski definition) is 1. The molecule has 0 saturated heterocycles. The lowest BCUT2D eigenvalue weighted by Crippen LogP contribution is -2.53. The van der Waals surface area contributed by atoms with Gasteiger partial charge in [-0.3, -0.25) is 13.9 Å². The zero-order valence-corrected chi connectivity index (χ0v) is 26.1. The fraction of sp³-hybridized carbons (Fsp3) is 0.235. The molecule has 2 amide bonds. The van der Waals surface area contributed by atoms with E-state index in [9.17, 15) is 18.0 Å². The molecule has 9 heteroatoms. The Morgan fingerprint density at radius 1 is 0.814 bits per heavy atom. The van der Waals surface area contributed by atoms with Gasteiger partial charge in [0.2, 0.25) is 11.8 Å². The Morgan fingerprint density at radius 2 is 1.47 bits per heavy atom. The Labute approximate surface area is 259 Å². The maximum atomic E-state index is 14.4. The van der Waals surface area contributed by atoms with Gasteiger partial charge in [-0.15, -0.1) is 0 Å². The summed E-state index contributed by atoms with van der Waals surface area (Å²) < 4.78 is 29.1. The summed E-state index contributed by atoms with van der Waals surface area (Å²) >= 11 is 6.12. The molecule has 4 aromatic rings. The zero-order chi connectivity index (χ0) is 31.0. The third-order valence-corrected chi connectivity index (χ3v) is 9.10. The van der Waals surface area contributed by atoms with E-state index in [2.05, 4.69) is 5.32 Å². The third kappa shape index (κ3) is 8.24. The Kier molecular flexibility index (Phi) is 10.6. The molecule has 0 aliphatic rings. The summed E-state index contributed by atoms with van der Waals surface area (Å²) in [4.78, 5) is 29.5. The van der Waals surface area contributed by atoms with Crippen molar-refractivity contribution < 1.29 is 18.0 Å². The van der Waals surface area contributed by atoms with Gasteiger partial charge in [0.25, 0.3) is 10.0 Å². The average molecular weight is 618 g/mol. The standard InChI is InChI=1S/C34H36ClN3O4S/c1-4-36-34(40)32(22-27-10-6-5-7-11-27)37(23-28-12-8-9-26(3)21-28)33(39)24-38(30-17-15-29(35)16-18-30)43(41,42)31-19-13-25(2)14-20-31/h5-21,32H,4,22-24H2,1-3H3,(H,36,40)/t32-/m1/s1. The molecule has 0 spiro atoms. The second-order valence-electron chi connectivity index (χ2n) is 10.4. The highest BCUT2D eigenvalue weighted by Gasteiger charge is 2.34. The lowest BCUT2D eigenvalue weighted by atomic mass is 10.0. The first-order valence-electron chi connectivity index (χ1n) is 14.1. The van der Waals surface area contributed by atoms with Gasteiger partial charge in [0.15, 0.2) is 0 Å². The summed E-state index contributed by atoms with van der Waals surface area (Å²) in [7, 11) is -4.16. The van der Waals surface area contributed by atoms with Crippen LogP contribution >= 0.6 is 11.6 Å². The van der Waals surface area contributed by atoms with Crippen LogP contribution in [0.4, 0.5) is 5.69 Å². The Balaban J connectivity index is 1.79. The summed E-state index contributed by atoms with van der Waals surface area (Å²) in [5.74, 6) is -0.828. The molecule has 0 bridgehead atoms. The number of carbonyl (C=O) groups excluding carboxylic acids is 2. The van der Waals surface area contributed by atoms with Gasteiger partial charge >= 0.3 is 0 Å². The van der Waals surface area contributed by atoms with Crippen LogP contribution < -0.4 is 9.62 Å². The second-order valence-corrected chi connectivity index (χ2v) is 12.7. The third-order valence-electron chi connectivity index (χ3n) is 7.06. The SMILES string of the molecule is CCNC(=O)[C@@H](Cc1ccccc1)N(Cc1cccc(C)c1)C(=O)CN(c1ccc(Cl)cc1)S(=O)(=O)c1ccc(C)cc1. The Morgan fingerprint density at radius 3 is 2.09 bits per heavy atom. The molecule has 1 atom stereocenters. The van der Waals surface area contributed by atoms with E-state index in [1.807, 2.05) is 75.4 Å². The van der Waals surface area contributed by atoms with Gasteiger partial charge < -0.3 is 10.2 Å². The monoisotopic (exact) mass is 617 g/mol. The molecule has 0 fully saturated rings. The van der Waals surface area contributed by atoms with E-state index in [0.29, 0.717) is 11.6 Å². The van der Waals surface area contributed by atoms with Crippen molar-refractivity contribution >= 4 is 39.1 Å². The predicted molar refractivity (Wildman–Crippen MR) is 172 cm³/mol. The number of benzene rings is 4. The van der Waals surface area contributed by atoms with E-state index in [4.69, 9.17) is 11.6 Å². The topological polar surface area (TPSA) is 86.8 Å². The molecule has 0 unspecified atom stereocenters. The normalized spacial score (nSPS) is 11.9. The number of sulfonamides is 1. The van der Waals surface area contributed by atoms with Crippen LogP contribution in [0.2, 0.25) is 5.02 Å². The number of rotatable bonds is 12. The van der Waals surface area contributed by atoms with E-state index in [-0.39, 0.29) is 29.5 Å². The first kappa shape index (κ1) is 31.8. The molecular weight excluding hydrogens is 582 g/mol. The summed E-state index contributed by atoms with van der Waals surface area (Å²) in [6.45, 7) is 5.63. The van der Waals surface area contributed by atoms with Crippen LogP contribution in [0.5, 0.6) is 0 Å². The van der Waals surface area contributed by atoms with Crippen molar-refractivity contribution in [2.45, 2.75) is 44.7 Å².